The van der Waals surface area contributed by atoms with Crippen LogP contribution in [0.5, 0.6) is 0 Å². The Balaban J connectivity index is 2.02. The molecule has 4 aromatic rings. The molecule has 27 heavy (non-hydrogen) atoms. The molecule has 0 unspecified atom stereocenters. The average Bonchev–Trinajstić information content (AvgIpc) is 3.04. The van der Waals surface area contributed by atoms with Gasteiger partial charge in [-0.2, -0.15) is 0 Å². The van der Waals surface area contributed by atoms with E-state index in [1.165, 1.54) is 49.7 Å². The summed E-state index contributed by atoms with van der Waals surface area (Å²) in [4.78, 5) is 0. The van der Waals surface area contributed by atoms with Crippen molar-refractivity contribution in [2.24, 2.45) is 0 Å². The van der Waals surface area contributed by atoms with Crippen molar-refractivity contribution in [1.82, 2.24) is 0 Å². The first-order valence-electron chi connectivity index (χ1n) is 9.77. The van der Waals surface area contributed by atoms with Crippen molar-refractivity contribution in [3.8, 4) is 22.3 Å². The highest BCUT2D eigenvalue weighted by Crippen LogP contribution is 2.51. The molecular weight excluding hydrogens is 324 g/mol. The molecule has 0 fully saturated rings. The molecule has 5 rings (SSSR count). The lowest BCUT2D eigenvalue weighted by molar-refractivity contribution is 0.591. The molecule has 0 heteroatoms. The zero-order valence-electron chi connectivity index (χ0n) is 16.2. The fourth-order valence-electron chi connectivity index (χ4n) is 4.84. The number of rotatable bonds is 1. The van der Waals surface area contributed by atoms with Crippen molar-refractivity contribution >= 4 is 10.8 Å². The van der Waals surface area contributed by atoms with Crippen LogP contribution < -0.4 is 0 Å². The Morgan fingerprint density at radius 2 is 1.26 bits per heavy atom. The fraction of sp³-hybridized carbons (Fsp3) is 0.185. The van der Waals surface area contributed by atoms with Crippen LogP contribution in [-0.4, -0.2) is 0 Å². The largest absolute Gasteiger partial charge is 0.0622 e. The maximum atomic E-state index is 2.35. The summed E-state index contributed by atoms with van der Waals surface area (Å²) in [6, 6.07) is 28.8. The molecule has 0 saturated carbocycles. The number of hydrogen-bond donors (Lipinski definition) is 0. The average molecular weight is 348 g/mol. The molecule has 0 heterocycles. The summed E-state index contributed by atoms with van der Waals surface area (Å²) < 4.78 is 0. The van der Waals surface area contributed by atoms with Crippen LogP contribution in [0.2, 0.25) is 0 Å². The highest BCUT2D eigenvalue weighted by Gasteiger charge is 2.31. The van der Waals surface area contributed by atoms with E-state index in [9.17, 15) is 0 Å². The summed E-state index contributed by atoms with van der Waals surface area (Å²) in [7, 11) is 0. The van der Waals surface area contributed by atoms with Gasteiger partial charge in [-0.3, -0.25) is 0 Å². The number of fused-ring (bicyclic) bond motifs is 4. The smallest absolute Gasteiger partial charge is 0.00101 e. The predicted octanol–water partition coefficient (Wildman–Crippen LogP) is 7.38. The van der Waals surface area contributed by atoms with Gasteiger partial charge in [-0.1, -0.05) is 99.6 Å². The van der Waals surface area contributed by atoms with E-state index in [-0.39, 0.29) is 5.41 Å². The summed E-state index contributed by atoms with van der Waals surface area (Å²) in [5, 5.41) is 2.76. The summed E-state index contributed by atoms with van der Waals surface area (Å²) in [5.74, 6) is 0. The molecule has 0 aromatic heterocycles. The Morgan fingerprint density at radius 1 is 0.630 bits per heavy atom. The van der Waals surface area contributed by atoms with Gasteiger partial charge in [0.2, 0.25) is 0 Å². The number of hydrogen-bond acceptors (Lipinski definition) is 0. The normalized spacial score (nSPS) is 12.9. The minimum Gasteiger partial charge on any atom is -0.0622 e. The highest BCUT2D eigenvalue weighted by atomic mass is 14.3. The molecule has 132 valence electrons. The Hall–Kier alpha value is -2.86. The van der Waals surface area contributed by atoms with E-state index in [1.807, 2.05) is 0 Å². The zero-order chi connectivity index (χ0) is 18.6. The molecule has 0 N–H and O–H groups in total. The van der Waals surface area contributed by atoms with Gasteiger partial charge in [-0.15, -0.1) is 0 Å². The SMILES string of the molecule is CC(C)(C)c1c2c(c(-c3ccccc3)c3ccccc13)-c1ccccc1C2. The predicted molar refractivity (Wildman–Crippen MR) is 116 cm³/mol. The first kappa shape index (κ1) is 16.3. The van der Waals surface area contributed by atoms with Crippen molar-refractivity contribution < 1.29 is 0 Å². The summed E-state index contributed by atoms with van der Waals surface area (Å²) >= 11 is 0. The first-order chi connectivity index (χ1) is 13.1. The summed E-state index contributed by atoms with van der Waals surface area (Å²) in [5.41, 5.74) is 10.1. The van der Waals surface area contributed by atoms with Crippen LogP contribution in [-0.2, 0) is 11.8 Å². The van der Waals surface area contributed by atoms with Gasteiger partial charge in [0.05, 0.1) is 0 Å². The van der Waals surface area contributed by atoms with E-state index in [0.717, 1.165) is 6.42 Å². The van der Waals surface area contributed by atoms with Crippen LogP contribution in [0.4, 0.5) is 0 Å². The van der Waals surface area contributed by atoms with E-state index < -0.39 is 0 Å². The Kier molecular flexibility index (Phi) is 3.52. The Morgan fingerprint density at radius 3 is 2.00 bits per heavy atom. The van der Waals surface area contributed by atoms with Gasteiger partial charge in [-0.05, 0) is 61.6 Å². The van der Waals surface area contributed by atoms with Crippen LogP contribution in [0.3, 0.4) is 0 Å². The maximum absolute atomic E-state index is 2.35. The van der Waals surface area contributed by atoms with E-state index in [2.05, 4.69) is 99.6 Å². The summed E-state index contributed by atoms with van der Waals surface area (Å²) in [6.45, 7) is 7.04. The third-order valence-electron chi connectivity index (χ3n) is 5.79. The molecule has 0 spiro atoms. The van der Waals surface area contributed by atoms with Gasteiger partial charge in [0, 0.05) is 0 Å². The van der Waals surface area contributed by atoms with Gasteiger partial charge < -0.3 is 0 Å². The Bertz CT molecular complexity index is 1160. The standard InChI is InChI=1S/C27H24/c1-27(2,3)26-22-16-10-9-15-21(22)24(18-11-5-4-6-12-18)25-20-14-8-7-13-19(20)17-23(25)26/h4-16H,17H2,1-3H3. The van der Waals surface area contributed by atoms with Crippen LogP contribution in [0.1, 0.15) is 37.5 Å². The first-order valence-corrected chi connectivity index (χ1v) is 9.77. The van der Waals surface area contributed by atoms with E-state index >= 15 is 0 Å². The molecule has 4 aromatic carbocycles. The molecule has 0 radical (unpaired) electrons. The van der Waals surface area contributed by atoms with E-state index in [4.69, 9.17) is 0 Å². The van der Waals surface area contributed by atoms with Crippen molar-refractivity contribution in [2.45, 2.75) is 32.6 Å². The second kappa shape index (κ2) is 5.82. The van der Waals surface area contributed by atoms with E-state index in [1.54, 1.807) is 0 Å². The molecule has 0 nitrogen and oxygen atoms in total. The molecular formula is C27H24. The molecule has 0 bridgehead atoms. The highest BCUT2D eigenvalue weighted by molar-refractivity contribution is 6.09. The fourth-order valence-corrected chi connectivity index (χ4v) is 4.84. The van der Waals surface area contributed by atoms with E-state index in [0.29, 0.717) is 0 Å². The van der Waals surface area contributed by atoms with Crippen molar-refractivity contribution in [2.75, 3.05) is 0 Å². The zero-order valence-corrected chi connectivity index (χ0v) is 16.2. The third kappa shape index (κ3) is 2.44. The minimum absolute atomic E-state index is 0.0982. The van der Waals surface area contributed by atoms with Gasteiger partial charge in [0.1, 0.15) is 0 Å². The van der Waals surface area contributed by atoms with Gasteiger partial charge in [-0.25, -0.2) is 0 Å². The monoisotopic (exact) mass is 348 g/mol. The van der Waals surface area contributed by atoms with Gasteiger partial charge >= 0.3 is 0 Å². The molecule has 1 aliphatic carbocycles. The lowest BCUT2D eigenvalue weighted by Crippen LogP contribution is -2.15. The lowest BCUT2D eigenvalue weighted by atomic mass is 9.76. The lowest BCUT2D eigenvalue weighted by Gasteiger charge is -2.27. The Labute approximate surface area is 161 Å². The summed E-state index contributed by atoms with van der Waals surface area (Å²) in [6.07, 6.45) is 1.03. The molecule has 1 aliphatic rings. The van der Waals surface area contributed by atoms with Gasteiger partial charge in [0.25, 0.3) is 0 Å². The maximum Gasteiger partial charge on any atom is -0.00101 e. The molecule has 0 atom stereocenters. The molecule has 0 saturated heterocycles. The van der Waals surface area contributed by atoms with Crippen LogP contribution in [0.25, 0.3) is 33.0 Å². The van der Waals surface area contributed by atoms with Crippen molar-refractivity contribution in [1.29, 1.82) is 0 Å². The second-order valence-corrected chi connectivity index (χ2v) is 8.60. The topological polar surface area (TPSA) is 0 Å². The van der Waals surface area contributed by atoms with Crippen molar-refractivity contribution in [3.05, 3.63) is 95.6 Å². The minimum atomic E-state index is 0.0982. The molecule has 0 aliphatic heterocycles. The van der Waals surface area contributed by atoms with Gasteiger partial charge in [0.15, 0.2) is 0 Å². The van der Waals surface area contributed by atoms with Crippen molar-refractivity contribution in [3.63, 3.8) is 0 Å². The third-order valence-corrected chi connectivity index (χ3v) is 5.79. The second-order valence-electron chi connectivity index (χ2n) is 8.60. The van der Waals surface area contributed by atoms with Crippen LogP contribution >= 0.6 is 0 Å². The van der Waals surface area contributed by atoms with Crippen LogP contribution in [0, 0.1) is 0 Å². The number of benzene rings is 4. The van der Waals surface area contributed by atoms with Crippen LogP contribution in [0.15, 0.2) is 78.9 Å². The molecule has 0 amide bonds. The quantitative estimate of drug-likeness (QED) is 0.296.